The Morgan fingerprint density at radius 1 is 1.00 bits per heavy atom. The van der Waals surface area contributed by atoms with Crippen molar-refractivity contribution in [3.05, 3.63) is 66.2 Å². The monoisotopic (exact) mass is 456 g/mol. The highest BCUT2D eigenvalue weighted by Gasteiger charge is 2.22. The molecule has 3 aromatic heterocycles. The lowest BCUT2D eigenvalue weighted by molar-refractivity contribution is -0.116. The first-order chi connectivity index (χ1) is 16.6. The average Bonchev–Trinajstić information content (AvgIpc) is 3.28. The molecule has 1 aromatic carbocycles. The van der Waals surface area contributed by atoms with Crippen LogP contribution in [0.25, 0.3) is 11.0 Å². The number of hydrogen-bond acceptors (Lipinski definition) is 7. The van der Waals surface area contributed by atoms with Gasteiger partial charge in [0.1, 0.15) is 24.5 Å². The smallest absolute Gasteiger partial charge is 0.246 e. The number of fused-ring (bicyclic) bond motifs is 1. The maximum Gasteiger partial charge on any atom is 0.246 e. The van der Waals surface area contributed by atoms with E-state index in [0.29, 0.717) is 5.65 Å². The molecule has 1 aliphatic heterocycles. The Morgan fingerprint density at radius 3 is 2.59 bits per heavy atom. The normalized spacial score (nSPS) is 13.9. The topological polar surface area (TPSA) is 92.1 Å². The molecule has 1 amide bonds. The van der Waals surface area contributed by atoms with E-state index >= 15 is 0 Å². The van der Waals surface area contributed by atoms with Gasteiger partial charge in [-0.2, -0.15) is 5.10 Å². The van der Waals surface area contributed by atoms with E-state index in [1.54, 1.807) is 17.2 Å². The van der Waals surface area contributed by atoms with Gasteiger partial charge >= 0.3 is 0 Å². The maximum atomic E-state index is 12.9. The van der Waals surface area contributed by atoms with Gasteiger partial charge in [0, 0.05) is 38.1 Å². The molecule has 0 radical (unpaired) electrons. The van der Waals surface area contributed by atoms with E-state index in [1.165, 1.54) is 0 Å². The minimum atomic E-state index is -0.127. The third-order valence-electron chi connectivity index (χ3n) is 6.26. The number of aromatic nitrogens is 5. The SMILES string of the molecule is CCc1cccc(C)c1NC(=O)Cn1ncc2c(N3CCN(c4ccccn4)CC3)ncnc21. The predicted molar refractivity (Wildman–Crippen MR) is 133 cm³/mol. The molecule has 0 spiro atoms. The largest absolute Gasteiger partial charge is 0.353 e. The van der Waals surface area contributed by atoms with Crippen LogP contribution in [0, 0.1) is 6.92 Å². The molecule has 9 heteroatoms. The van der Waals surface area contributed by atoms with Crippen molar-refractivity contribution in [1.82, 2.24) is 24.7 Å². The van der Waals surface area contributed by atoms with Crippen LogP contribution in [0.15, 0.2) is 55.1 Å². The molecule has 9 nitrogen and oxygen atoms in total. The average molecular weight is 457 g/mol. The number of aryl methyl sites for hydroxylation is 2. The van der Waals surface area contributed by atoms with Gasteiger partial charge in [0.2, 0.25) is 5.91 Å². The molecule has 4 aromatic rings. The van der Waals surface area contributed by atoms with Crippen molar-refractivity contribution in [2.24, 2.45) is 0 Å². The summed E-state index contributed by atoms with van der Waals surface area (Å²) in [7, 11) is 0. The van der Waals surface area contributed by atoms with Crippen molar-refractivity contribution in [2.45, 2.75) is 26.8 Å². The van der Waals surface area contributed by atoms with Crippen LogP contribution >= 0.6 is 0 Å². The number of anilines is 3. The second-order valence-electron chi connectivity index (χ2n) is 8.41. The van der Waals surface area contributed by atoms with Crippen molar-refractivity contribution in [1.29, 1.82) is 0 Å². The number of pyridine rings is 1. The van der Waals surface area contributed by atoms with E-state index in [2.05, 4.69) is 42.1 Å². The van der Waals surface area contributed by atoms with Crippen LogP contribution < -0.4 is 15.1 Å². The number of nitrogens with one attached hydrogen (secondary N) is 1. The zero-order chi connectivity index (χ0) is 23.5. The lowest BCUT2D eigenvalue weighted by Crippen LogP contribution is -2.47. The molecule has 34 heavy (non-hydrogen) atoms. The highest BCUT2D eigenvalue weighted by atomic mass is 16.2. The molecule has 1 fully saturated rings. The van der Waals surface area contributed by atoms with Gasteiger partial charge in [0.05, 0.1) is 11.6 Å². The van der Waals surface area contributed by atoms with Gasteiger partial charge in [-0.25, -0.2) is 19.6 Å². The summed E-state index contributed by atoms with van der Waals surface area (Å²) in [6.07, 6.45) is 5.98. The summed E-state index contributed by atoms with van der Waals surface area (Å²) in [6, 6.07) is 12.0. The first kappa shape index (κ1) is 21.8. The summed E-state index contributed by atoms with van der Waals surface area (Å²) in [6.45, 7) is 7.53. The number of amides is 1. The van der Waals surface area contributed by atoms with Crippen LogP contribution in [0.4, 0.5) is 17.3 Å². The molecule has 0 bridgehead atoms. The molecule has 0 saturated carbocycles. The summed E-state index contributed by atoms with van der Waals surface area (Å²) in [5.74, 6) is 1.72. The predicted octanol–water partition coefficient (Wildman–Crippen LogP) is 3.06. The summed E-state index contributed by atoms with van der Waals surface area (Å²) >= 11 is 0. The molecule has 0 unspecified atom stereocenters. The molecule has 0 atom stereocenters. The van der Waals surface area contributed by atoms with Gasteiger partial charge in [0.15, 0.2) is 5.65 Å². The quantitative estimate of drug-likeness (QED) is 0.477. The first-order valence-electron chi connectivity index (χ1n) is 11.6. The van der Waals surface area contributed by atoms with Crippen LogP contribution in [0.3, 0.4) is 0 Å². The highest BCUT2D eigenvalue weighted by Crippen LogP contribution is 2.25. The summed E-state index contributed by atoms with van der Waals surface area (Å²) < 4.78 is 1.64. The summed E-state index contributed by atoms with van der Waals surface area (Å²) in [5.41, 5.74) is 3.71. The molecule has 0 aliphatic carbocycles. The van der Waals surface area contributed by atoms with Gasteiger partial charge in [-0.1, -0.05) is 31.2 Å². The number of carbonyl (C=O) groups excluding carboxylic acids is 1. The van der Waals surface area contributed by atoms with Gasteiger partial charge < -0.3 is 15.1 Å². The number of benzene rings is 1. The van der Waals surface area contributed by atoms with Crippen molar-refractivity contribution in [3.8, 4) is 0 Å². The number of carbonyl (C=O) groups is 1. The highest BCUT2D eigenvalue weighted by molar-refractivity contribution is 5.94. The minimum absolute atomic E-state index is 0.0882. The lowest BCUT2D eigenvalue weighted by atomic mass is 10.1. The van der Waals surface area contributed by atoms with Gasteiger partial charge in [-0.05, 0) is 36.6 Å². The van der Waals surface area contributed by atoms with Crippen molar-refractivity contribution >= 4 is 34.3 Å². The molecule has 174 valence electrons. The molecular formula is C25H28N8O. The fourth-order valence-electron chi connectivity index (χ4n) is 4.45. The molecule has 4 heterocycles. The number of hydrogen-bond donors (Lipinski definition) is 1. The second kappa shape index (κ2) is 9.46. The molecule has 1 N–H and O–H groups in total. The molecular weight excluding hydrogens is 428 g/mol. The summed E-state index contributed by atoms with van der Waals surface area (Å²) in [5, 5.41) is 8.39. The van der Waals surface area contributed by atoms with Crippen molar-refractivity contribution < 1.29 is 4.79 Å². The van der Waals surface area contributed by atoms with Crippen LogP contribution in [-0.4, -0.2) is 56.8 Å². The van der Waals surface area contributed by atoms with Crippen molar-refractivity contribution in [2.75, 3.05) is 41.3 Å². The molecule has 1 aliphatic rings. The maximum absolute atomic E-state index is 12.9. The molecule has 1 saturated heterocycles. The Labute approximate surface area is 198 Å². The third-order valence-corrected chi connectivity index (χ3v) is 6.26. The van der Waals surface area contributed by atoms with E-state index in [0.717, 1.165) is 66.4 Å². The fourth-order valence-corrected chi connectivity index (χ4v) is 4.45. The van der Waals surface area contributed by atoms with Gasteiger partial charge in [0.25, 0.3) is 0 Å². The second-order valence-corrected chi connectivity index (χ2v) is 8.41. The van der Waals surface area contributed by atoms with Crippen LogP contribution in [0.1, 0.15) is 18.1 Å². The van der Waals surface area contributed by atoms with E-state index < -0.39 is 0 Å². The first-order valence-corrected chi connectivity index (χ1v) is 11.6. The van der Waals surface area contributed by atoms with Crippen LogP contribution in [0.5, 0.6) is 0 Å². The van der Waals surface area contributed by atoms with E-state index in [1.807, 2.05) is 49.5 Å². The number of para-hydroxylation sites is 1. The fraction of sp³-hybridized carbons (Fsp3) is 0.320. The van der Waals surface area contributed by atoms with E-state index in [-0.39, 0.29) is 12.5 Å². The Bertz CT molecular complexity index is 1300. The van der Waals surface area contributed by atoms with E-state index in [4.69, 9.17) is 0 Å². The molecule has 5 rings (SSSR count). The van der Waals surface area contributed by atoms with Crippen LogP contribution in [0.2, 0.25) is 0 Å². The zero-order valence-corrected chi connectivity index (χ0v) is 19.5. The number of piperazine rings is 1. The minimum Gasteiger partial charge on any atom is -0.353 e. The third kappa shape index (κ3) is 4.28. The van der Waals surface area contributed by atoms with Gasteiger partial charge in [-0.15, -0.1) is 0 Å². The standard InChI is InChI=1S/C25H28N8O/c1-3-19-8-6-7-18(2)23(19)30-22(34)16-33-25-20(15-29-33)24(27-17-28-25)32-13-11-31(12-14-32)21-9-4-5-10-26-21/h4-10,15,17H,3,11-14,16H2,1-2H3,(H,30,34). The lowest BCUT2D eigenvalue weighted by Gasteiger charge is -2.36. The Morgan fingerprint density at radius 2 is 1.82 bits per heavy atom. The van der Waals surface area contributed by atoms with Gasteiger partial charge in [-0.3, -0.25) is 4.79 Å². The number of nitrogens with zero attached hydrogens (tertiary/aromatic N) is 7. The Kier molecular flexibility index (Phi) is 6.07. The Hall–Kier alpha value is -4.01. The van der Waals surface area contributed by atoms with Crippen molar-refractivity contribution in [3.63, 3.8) is 0 Å². The number of rotatable bonds is 6. The van der Waals surface area contributed by atoms with Crippen LogP contribution in [-0.2, 0) is 17.8 Å². The Balaban J connectivity index is 1.31. The van der Waals surface area contributed by atoms with E-state index in [9.17, 15) is 4.79 Å². The zero-order valence-electron chi connectivity index (χ0n) is 19.5. The summed E-state index contributed by atoms with van der Waals surface area (Å²) in [4.78, 5) is 30.8.